The van der Waals surface area contributed by atoms with E-state index in [0.29, 0.717) is 16.2 Å². The number of nitrogens with zero attached hydrogens (tertiary/aromatic N) is 3. The Kier molecular flexibility index (Phi) is 5.36. The van der Waals surface area contributed by atoms with Gasteiger partial charge in [-0.2, -0.15) is 22.7 Å². The van der Waals surface area contributed by atoms with E-state index in [0.717, 1.165) is 17.4 Å². The standard InChI is InChI=1S/C17H12F4N4OS/c1-26-13-5-3-2-4-11(13)12-8-14(17(19,20)21)24-16(23-12)25-22-9-10-6-7-15(18)27-10/h2-9H,1H3,(H,23,24,25). The number of benzene rings is 1. The molecule has 1 aromatic carbocycles. The lowest BCUT2D eigenvalue weighted by Gasteiger charge is -2.12. The van der Waals surface area contributed by atoms with Gasteiger partial charge < -0.3 is 4.74 Å². The van der Waals surface area contributed by atoms with E-state index >= 15 is 0 Å². The monoisotopic (exact) mass is 396 g/mol. The summed E-state index contributed by atoms with van der Waals surface area (Å²) in [5.74, 6) is 0.0202. The maximum atomic E-state index is 13.2. The van der Waals surface area contributed by atoms with E-state index in [-0.39, 0.29) is 11.6 Å². The summed E-state index contributed by atoms with van der Waals surface area (Å²) in [6, 6.07) is 10.1. The molecule has 10 heteroatoms. The van der Waals surface area contributed by atoms with Crippen molar-refractivity contribution in [3.05, 3.63) is 58.2 Å². The van der Waals surface area contributed by atoms with Crippen molar-refractivity contribution in [1.82, 2.24) is 9.97 Å². The third-order valence-corrected chi connectivity index (χ3v) is 4.16. The van der Waals surface area contributed by atoms with E-state index in [1.54, 1.807) is 24.3 Å². The Morgan fingerprint density at radius 2 is 1.93 bits per heavy atom. The number of hydrogen-bond acceptors (Lipinski definition) is 6. The van der Waals surface area contributed by atoms with Crippen LogP contribution in [0.25, 0.3) is 11.3 Å². The van der Waals surface area contributed by atoms with Gasteiger partial charge in [0.2, 0.25) is 5.95 Å². The maximum Gasteiger partial charge on any atom is 0.433 e. The zero-order valence-electron chi connectivity index (χ0n) is 13.8. The third-order valence-electron chi connectivity index (χ3n) is 3.35. The number of alkyl halides is 3. The lowest BCUT2D eigenvalue weighted by atomic mass is 10.1. The molecule has 0 fully saturated rings. The number of nitrogens with one attached hydrogen (secondary N) is 1. The number of hydrogen-bond donors (Lipinski definition) is 1. The molecule has 3 aromatic rings. The van der Waals surface area contributed by atoms with Crippen LogP contribution < -0.4 is 10.2 Å². The highest BCUT2D eigenvalue weighted by atomic mass is 32.1. The third kappa shape index (κ3) is 4.59. The van der Waals surface area contributed by atoms with E-state index < -0.39 is 17.0 Å². The summed E-state index contributed by atoms with van der Waals surface area (Å²) in [4.78, 5) is 8.01. The van der Waals surface area contributed by atoms with Gasteiger partial charge in [-0.3, -0.25) is 0 Å². The van der Waals surface area contributed by atoms with Gasteiger partial charge in [0, 0.05) is 5.56 Å². The molecular formula is C17H12F4N4OS. The summed E-state index contributed by atoms with van der Waals surface area (Å²) in [5, 5.41) is 3.37. The van der Waals surface area contributed by atoms with Crippen molar-refractivity contribution in [2.24, 2.45) is 5.10 Å². The smallest absolute Gasteiger partial charge is 0.433 e. The normalized spacial score (nSPS) is 11.7. The van der Waals surface area contributed by atoms with Crippen molar-refractivity contribution in [3.63, 3.8) is 0 Å². The largest absolute Gasteiger partial charge is 0.496 e. The van der Waals surface area contributed by atoms with Crippen LogP contribution in [0, 0.1) is 5.13 Å². The first kappa shape index (κ1) is 18.8. The van der Waals surface area contributed by atoms with Gasteiger partial charge in [-0.1, -0.05) is 12.1 Å². The van der Waals surface area contributed by atoms with Gasteiger partial charge in [-0.15, -0.1) is 11.3 Å². The quantitative estimate of drug-likeness (QED) is 0.382. The fourth-order valence-electron chi connectivity index (χ4n) is 2.19. The second-order valence-electron chi connectivity index (χ2n) is 5.17. The molecule has 2 aromatic heterocycles. The predicted octanol–water partition coefficient (Wildman–Crippen LogP) is 4.82. The Bertz CT molecular complexity index is 972. The number of thiophene rings is 1. The number of aromatic nitrogens is 2. The second kappa shape index (κ2) is 7.70. The van der Waals surface area contributed by atoms with E-state index in [2.05, 4.69) is 20.5 Å². The van der Waals surface area contributed by atoms with Gasteiger partial charge in [0.05, 0.1) is 23.9 Å². The first-order valence-corrected chi connectivity index (χ1v) is 8.32. The van der Waals surface area contributed by atoms with Crippen LogP contribution in [0.2, 0.25) is 0 Å². The lowest BCUT2D eigenvalue weighted by molar-refractivity contribution is -0.141. The summed E-state index contributed by atoms with van der Waals surface area (Å²) in [6.07, 6.45) is -3.41. The number of hydrazone groups is 1. The fourth-order valence-corrected chi connectivity index (χ4v) is 2.79. The molecule has 140 valence electrons. The summed E-state index contributed by atoms with van der Waals surface area (Å²) in [7, 11) is 1.41. The molecule has 0 aliphatic carbocycles. The first-order chi connectivity index (χ1) is 12.9. The van der Waals surface area contributed by atoms with Crippen LogP contribution >= 0.6 is 11.3 Å². The summed E-state index contributed by atoms with van der Waals surface area (Å²) in [5.41, 5.74) is 1.62. The van der Waals surface area contributed by atoms with Crippen molar-refractivity contribution in [2.45, 2.75) is 6.18 Å². The van der Waals surface area contributed by atoms with Crippen LogP contribution in [0.5, 0.6) is 5.75 Å². The van der Waals surface area contributed by atoms with Crippen molar-refractivity contribution >= 4 is 23.5 Å². The van der Waals surface area contributed by atoms with Crippen LogP contribution in [-0.4, -0.2) is 23.3 Å². The fraction of sp³-hybridized carbons (Fsp3) is 0.118. The molecule has 0 radical (unpaired) electrons. The number of methoxy groups -OCH3 is 1. The Hall–Kier alpha value is -3.01. The molecule has 0 bridgehead atoms. The van der Waals surface area contributed by atoms with E-state index in [9.17, 15) is 17.6 Å². The number of anilines is 1. The number of rotatable bonds is 5. The van der Waals surface area contributed by atoms with E-state index in [1.807, 2.05) is 0 Å². The van der Waals surface area contributed by atoms with Crippen molar-refractivity contribution in [1.29, 1.82) is 0 Å². The number of para-hydroxylation sites is 1. The summed E-state index contributed by atoms with van der Waals surface area (Å²) >= 11 is 0.842. The molecule has 27 heavy (non-hydrogen) atoms. The van der Waals surface area contributed by atoms with E-state index in [4.69, 9.17) is 4.74 Å². The first-order valence-electron chi connectivity index (χ1n) is 7.51. The highest BCUT2D eigenvalue weighted by Gasteiger charge is 2.34. The molecular weight excluding hydrogens is 384 g/mol. The van der Waals surface area contributed by atoms with Gasteiger partial charge in [-0.25, -0.2) is 15.4 Å². The molecule has 0 spiro atoms. The molecule has 0 saturated heterocycles. The Morgan fingerprint density at radius 3 is 2.59 bits per heavy atom. The highest BCUT2D eigenvalue weighted by molar-refractivity contribution is 7.12. The minimum Gasteiger partial charge on any atom is -0.496 e. The average Bonchev–Trinajstić information content (AvgIpc) is 3.06. The van der Waals surface area contributed by atoms with Crippen molar-refractivity contribution in [2.75, 3.05) is 12.5 Å². The Labute approximate surface area is 155 Å². The van der Waals surface area contributed by atoms with Gasteiger partial charge in [0.1, 0.15) is 5.75 Å². The van der Waals surface area contributed by atoms with Crippen LogP contribution in [0.3, 0.4) is 0 Å². The highest BCUT2D eigenvalue weighted by Crippen LogP contribution is 2.34. The minimum atomic E-state index is -4.67. The number of halogens is 4. The molecule has 0 saturated carbocycles. The lowest BCUT2D eigenvalue weighted by Crippen LogP contribution is -2.11. The molecule has 0 amide bonds. The zero-order chi connectivity index (χ0) is 19.4. The molecule has 1 N–H and O–H groups in total. The molecule has 3 rings (SSSR count). The second-order valence-corrected chi connectivity index (χ2v) is 6.24. The molecule has 2 heterocycles. The van der Waals surface area contributed by atoms with Crippen molar-refractivity contribution in [3.8, 4) is 17.0 Å². The van der Waals surface area contributed by atoms with Gasteiger partial charge >= 0.3 is 6.18 Å². The van der Waals surface area contributed by atoms with Gasteiger partial charge in [0.15, 0.2) is 10.8 Å². The van der Waals surface area contributed by atoms with Crippen LogP contribution in [-0.2, 0) is 6.18 Å². The number of ether oxygens (including phenoxy) is 1. The van der Waals surface area contributed by atoms with Crippen LogP contribution in [0.15, 0.2) is 47.6 Å². The molecule has 5 nitrogen and oxygen atoms in total. The predicted molar refractivity (Wildman–Crippen MR) is 94.5 cm³/mol. The molecule has 0 unspecified atom stereocenters. The Morgan fingerprint density at radius 1 is 1.15 bits per heavy atom. The molecule has 0 aliphatic heterocycles. The maximum absolute atomic E-state index is 13.2. The van der Waals surface area contributed by atoms with Crippen LogP contribution in [0.4, 0.5) is 23.5 Å². The SMILES string of the molecule is COc1ccccc1-c1cc(C(F)(F)F)nc(NN=Cc2ccc(F)s2)n1. The average molecular weight is 396 g/mol. The van der Waals surface area contributed by atoms with E-state index in [1.165, 1.54) is 25.5 Å². The minimum absolute atomic E-state index is 0.0228. The van der Waals surface area contributed by atoms with Crippen LogP contribution in [0.1, 0.15) is 10.6 Å². The van der Waals surface area contributed by atoms with Gasteiger partial charge in [-0.05, 0) is 30.3 Å². The molecule has 0 atom stereocenters. The zero-order valence-corrected chi connectivity index (χ0v) is 14.6. The Balaban J connectivity index is 1.97. The summed E-state index contributed by atoms with van der Waals surface area (Å²) < 4.78 is 57.8. The summed E-state index contributed by atoms with van der Waals surface area (Å²) in [6.45, 7) is 0. The van der Waals surface area contributed by atoms with Crippen molar-refractivity contribution < 1.29 is 22.3 Å². The topological polar surface area (TPSA) is 59.4 Å². The van der Waals surface area contributed by atoms with Gasteiger partial charge in [0.25, 0.3) is 0 Å². The molecule has 0 aliphatic rings.